The Labute approximate surface area is 98.3 Å². The lowest BCUT2D eigenvalue weighted by Crippen LogP contribution is -2.64. The number of carbonyl (C=O) groups excluding carboxylic acids is 1. The number of hydrogen-bond acceptors (Lipinski definition) is 7. The van der Waals surface area contributed by atoms with Crippen molar-refractivity contribution in [3.8, 4) is 0 Å². The maximum absolute atomic E-state index is 11.2. The molecule has 1 rings (SSSR count). The fourth-order valence-electron chi connectivity index (χ4n) is 1.75. The molecule has 7 nitrogen and oxygen atoms in total. The van der Waals surface area contributed by atoms with E-state index < -0.39 is 42.6 Å². The molecule has 1 aliphatic carbocycles. The number of carbonyl (C=O) groups is 1. The van der Waals surface area contributed by atoms with E-state index in [0.717, 1.165) is 0 Å². The minimum absolute atomic E-state index is 0.102. The van der Waals surface area contributed by atoms with Crippen LogP contribution in [0.2, 0.25) is 0 Å². The molecule has 1 saturated carbocycles. The summed E-state index contributed by atoms with van der Waals surface area (Å²) in [6, 6.07) is 0. The van der Waals surface area contributed by atoms with Crippen molar-refractivity contribution in [2.75, 3.05) is 0 Å². The zero-order valence-corrected chi connectivity index (χ0v) is 9.43. The molecule has 7 heteroatoms. The molecule has 5 N–H and O–H groups in total. The highest BCUT2D eigenvalue weighted by Crippen LogP contribution is 2.24. The predicted octanol–water partition coefficient (Wildman–Crippen LogP) is -2.48. The van der Waals surface area contributed by atoms with Crippen LogP contribution in [0.1, 0.15) is 19.8 Å². The molecule has 1 fully saturated rings. The minimum atomic E-state index is -1.68. The van der Waals surface area contributed by atoms with Crippen molar-refractivity contribution < 1.29 is 35.1 Å². The molecule has 0 bridgehead atoms. The summed E-state index contributed by atoms with van der Waals surface area (Å²) in [6.45, 7) is 1.75. The Bertz CT molecular complexity index is 253. The minimum Gasteiger partial charge on any atom is -0.457 e. The van der Waals surface area contributed by atoms with Crippen LogP contribution in [-0.4, -0.2) is 68.1 Å². The zero-order chi connectivity index (χ0) is 13.2. The van der Waals surface area contributed by atoms with E-state index in [2.05, 4.69) is 0 Å². The smallest absolute Gasteiger partial charge is 0.306 e. The zero-order valence-electron chi connectivity index (χ0n) is 9.43. The van der Waals surface area contributed by atoms with Crippen molar-refractivity contribution >= 4 is 5.97 Å². The summed E-state index contributed by atoms with van der Waals surface area (Å²) in [6.07, 6.45) is -9.10. The normalized spacial score (nSPS) is 42.2. The van der Waals surface area contributed by atoms with Crippen LogP contribution in [0.3, 0.4) is 0 Å². The molecule has 0 aromatic carbocycles. The van der Waals surface area contributed by atoms with Gasteiger partial charge in [-0.05, 0) is 6.42 Å². The SMILES string of the molecule is CCCC(=O)O[C@@H]1[C@@H](O)[C@H](O)[C@@H](O)[C@H](O)[C@@H]1O. The van der Waals surface area contributed by atoms with E-state index in [9.17, 15) is 30.3 Å². The quantitative estimate of drug-likeness (QED) is 0.351. The van der Waals surface area contributed by atoms with Crippen LogP contribution in [0.5, 0.6) is 0 Å². The lowest BCUT2D eigenvalue weighted by atomic mass is 9.85. The van der Waals surface area contributed by atoms with Crippen LogP contribution < -0.4 is 0 Å². The first kappa shape index (κ1) is 14.3. The van der Waals surface area contributed by atoms with Gasteiger partial charge in [0.2, 0.25) is 0 Å². The highest BCUT2D eigenvalue weighted by atomic mass is 16.6. The molecule has 0 spiro atoms. The molecule has 0 aromatic heterocycles. The van der Waals surface area contributed by atoms with Gasteiger partial charge in [-0.15, -0.1) is 0 Å². The van der Waals surface area contributed by atoms with Crippen LogP contribution in [0.25, 0.3) is 0 Å². The van der Waals surface area contributed by atoms with Gasteiger partial charge in [0.1, 0.15) is 30.5 Å². The van der Waals surface area contributed by atoms with Gasteiger partial charge in [0.25, 0.3) is 0 Å². The van der Waals surface area contributed by atoms with Gasteiger partial charge in [-0.1, -0.05) is 6.92 Å². The summed E-state index contributed by atoms with van der Waals surface area (Å²) < 4.78 is 4.78. The highest BCUT2D eigenvalue weighted by Gasteiger charge is 2.50. The lowest BCUT2D eigenvalue weighted by Gasteiger charge is -2.41. The Balaban J connectivity index is 2.72. The van der Waals surface area contributed by atoms with Gasteiger partial charge in [0.05, 0.1) is 0 Å². The number of ether oxygens (including phenoxy) is 1. The topological polar surface area (TPSA) is 127 Å². The Morgan fingerprint density at radius 3 is 1.76 bits per heavy atom. The van der Waals surface area contributed by atoms with E-state index in [4.69, 9.17) is 4.74 Å². The van der Waals surface area contributed by atoms with Crippen LogP contribution in [-0.2, 0) is 9.53 Å². The fourth-order valence-corrected chi connectivity index (χ4v) is 1.75. The van der Waals surface area contributed by atoms with Gasteiger partial charge >= 0.3 is 5.97 Å². The number of esters is 1. The van der Waals surface area contributed by atoms with E-state index in [1.54, 1.807) is 6.92 Å². The Morgan fingerprint density at radius 2 is 1.35 bits per heavy atom. The first-order chi connectivity index (χ1) is 7.90. The van der Waals surface area contributed by atoms with Crippen LogP contribution in [0, 0.1) is 0 Å². The summed E-state index contributed by atoms with van der Waals surface area (Å²) >= 11 is 0. The van der Waals surface area contributed by atoms with E-state index in [1.165, 1.54) is 0 Å². The van der Waals surface area contributed by atoms with Gasteiger partial charge < -0.3 is 30.3 Å². The molecular formula is C10H18O7. The van der Waals surface area contributed by atoms with Gasteiger partial charge in [0, 0.05) is 6.42 Å². The van der Waals surface area contributed by atoms with Gasteiger partial charge in [0.15, 0.2) is 6.10 Å². The molecule has 1 aliphatic rings. The molecule has 0 aromatic rings. The monoisotopic (exact) mass is 250 g/mol. The van der Waals surface area contributed by atoms with E-state index >= 15 is 0 Å². The van der Waals surface area contributed by atoms with Crippen molar-refractivity contribution in [2.24, 2.45) is 0 Å². The number of hydrogen-bond donors (Lipinski definition) is 5. The summed E-state index contributed by atoms with van der Waals surface area (Å²) in [5, 5.41) is 47.2. The Hall–Kier alpha value is -0.730. The molecule has 0 amide bonds. The third-order valence-electron chi connectivity index (χ3n) is 2.79. The van der Waals surface area contributed by atoms with Gasteiger partial charge in [-0.3, -0.25) is 4.79 Å². The standard InChI is InChI=1S/C10H18O7/c1-2-3-4(11)17-10-8(15)6(13)5(12)7(14)9(10)16/h5-10,12-16H,2-3H2,1H3/t5-,6-,7+,8-,9-,10-/m0/s1. The van der Waals surface area contributed by atoms with Crippen molar-refractivity contribution in [3.05, 3.63) is 0 Å². The maximum Gasteiger partial charge on any atom is 0.306 e. The fraction of sp³-hybridized carbons (Fsp3) is 0.900. The third-order valence-corrected chi connectivity index (χ3v) is 2.79. The number of aliphatic hydroxyl groups is 5. The number of rotatable bonds is 3. The average molecular weight is 250 g/mol. The van der Waals surface area contributed by atoms with E-state index in [0.29, 0.717) is 6.42 Å². The second kappa shape index (κ2) is 5.74. The first-order valence-corrected chi connectivity index (χ1v) is 5.50. The first-order valence-electron chi connectivity index (χ1n) is 5.50. The molecule has 0 saturated heterocycles. The van der Waals surface area contributed by atoms with Gasteiger partial charge in [-0.25, -0.2) is 0 Å². The summed E-state index contributed by atoms with van der Waals surface area (Å²) in [5.41, 5.74) is 0. The molecule has 100 valence electrons. The largest absolute Gasteiger partial charge is 0.457 e. The second-order valence-corrected chi connectivity index (χ2v) is 4.16. The van der Waals surface area contributed by atoms with Crippen molar-refractivity contribution in [1.82, 2.24) is 0 Å². The van der Waals surface area contributed by atoms with Gasteiger partial charge in [-0.2, -0.15) is 0 Å². The molecule has 6 atom stereocenters. The molecule has 0 heterocycles. The summed E-state index contributed by atoms with van der Waals surface area (Å²) in [4.78, 5) is 11.2. The molecular weight excluding hydrogens is 232 g/mol. The van der Waals surface area contributed by atoms with Crippen LogP contribution >= 0.6 is 0 Å². The highest BCUT2D eigenvalue weighted by molar-refractivity contribution is 5.69. The van der Waals surface area contributed by atoms with Crippen LogP contribution in [0.15, 0.2) is 0 Å². The Morgan fingerprint density at radius 1 is 0.941 bits per heavy atom. The average Bonchev–Trinajstić information content (AvgIpc) is 2.30. The van der Waals surface area contributed by atoms with Crippen molar-refractivity contribution in [1.29, 1.82) is 0 Å². The van der Waals surface area contributed by atoms with Crippen molar-refractivity contribution in [2.45, 2.75) is 56.4 Å². The summed E-state index contributed by atoms with van der Waals surface area (Å²) in [5.74, 6) is -0.647. The maximum atomic E-state index is 11.2. The predicted molar refractivity (Wildman–Crippen MR) is 54.8 cm³/mol. The molecule has 17 heavy (non-hydrogen) atoms. The van der Waals surface area contributed by atoms with Crippen molar-refractivity contribution in [3.63, 3.8) is 0 Å². The Kier molecular flexibility index (Phi) is 4.84. The molecule has 0 unspecified atom stereocenters. The molecule has 0 radical (unpaired) electrons. The third kappa shape index (κ3) is 2.93. The summed E-state index contributed by atoms with van der Waals surface area (Å²) in [7, 11) is 0. The second-order valence-electron chi connectivity index (χ2n) is 4.16. The van der Waals surface area contributed by atoms with Crippen LogP contribution in [0.4, 0.5) is 0 Å². The lowest BCUT2D eigenvalue weighted by molar-refractivity contribution is -0.233. The van der Waals surface area contributed by atoms with E-state index in [-0.39, 0.29) is 6.42 Å². The molecule has 0 aliphatic heterocycles. The number of aliphatic hydroxyl groups excluding tert-OH is 5. The van der Waals surface area contributed by atoms with E-state index in [1.807, 2.05) is 0 Å².